The van der Waals surface area contributed by atoms with E-state index in [1.165, 1.54) is 22.5 Å². The fourth-order valence-corrected chi connectivity index (χ4v) is 5.62. The zero-order chi connectivity index (χ0) is 20.5. The monoisotopic (exact) mass is 420 g/mol. The zero-order valence-electron chi connectivity index (χ0n) is 16.3. The third-order valence-electron chi connectivity index (χ3n) is 5.72. The van der Waals surface area contributed by atoms with Gasteiger partial charge in [0.15, 0.2) is 0 Å². The van der Waals surface area contributed by atoms with Crippen LogP contribution < -0.4 is 10.1 Å². The van der Waals surface area contributed by atoms with Crippen molar-refractivity contribution in [1.82, 2.24) is 4.31 Å². The Hall–Kier alpha value is -2.16. The zero-order valence-corrected chi connectivity index (χ0v) is 17.1. The van der Waals surface area contributed by atoms with Crippen LogP contribution >= 0.6 is 0 Å². The highest BCUT2D eigenvalue weighted by molar-refractivity contribution is 7.89. The van der Waals surface area contributed by atoms with Gasteiger partial charge in [-0.25, -0.2) is 12.8 Å². The van der Waals surface area contributed by atoms with Crippen molar-refractivity contribution in [2.75, 3.05) is 32.1 Å². The number of anilines is 1. The lowest BCUT2D eigenvalue weighted by Gasteiger charge is -2.38. The number of halogens is 1. The quantitative estimate of drug-likeness (QED) is 0.804. The molecule has 156 valence electrons. The van der Waals surface area contributed by atoms with Gasteiger partial charge in [-0.2, -0.15) is 4.31 Å². The number of sulfonamides is 1. The molecule has 4 rings (SSSR count). The van der Waals surface area contributed by atoms with Crippen LogP contribution in [0.5, 0.6) is 5.75 Å². The van der Waals surface area contributed by atoms with Gasteiger partial charge in [-0.05, 0) is 49.6 Å². The van der Waals surface area contributed by atoms with Crippen LogP contribution in [0.15, 0.2) is 53.4 Å². The fourth-order valence-electron chi connectivity index (χ4n) is 4.14. The van der Waals surface area contributed by atoms with Gasteiger partial charge in [0.05, 0.1) is 30.3 Å². The molecule has 2 fully saturated rings. The molecule has 0 saturated carbocycles. The number of ether oxygens (including phenoxy) is 2. The summed E-state index contributed by atoms with van der Waals surface area (Å²) >= 11 is 0. The van der Waals surface area contributed by atoms with E-state index in [0.717, 1.165) is 23.9 Å². The molecule has 1 spiro atoms. The van der Waals surface area contributed by atoms with E-state index < -0.39 is 15.8 Å². The van der Waals surface area contributed by atoms with E-state index in [9.17, 15) is 12.8 Å². The van der Waals surface area contributed by atoms with Gasteiger partial charge in [0, 0.05) is 24.8 Å². The van der Waals surface area contributed by atoms with E-state index in [2.05, 4.69) is 5.32 Å². The highest BCUT2D eigenvalue weighted by Gasteiger charge is 2.44. The summed E-state index contributed by atoms with van der Waals surface area (Å²) in [7, 11) is -2.05. The number of benzene rings is 2. The van der Waals surface area contributed by atoms with Crippen LogP contribution in [0.1, 0.15) is 19.3 Å². The topological polar surface area (TPSA) is 67.9 Å². The van der Waals surface area contributed by atoms with E-state index in [1.807, 2.05) is 24.3 Å². The van der Waals surface area contributed by atoms with Crippen molar-refractivity contribution < 1.29 is 22.3 Å². The average Bonchev–Trinajstić information content (AvgIpc) is 3.10. The molecule has 0 aliphatic carbocycles. The molecule has 2 aromatic carbocycles. The lowest BCUT2D eigenvalue weighted by Crippen LogP contribution is -2.46. The standard InChI is InChI=1S/C21H25FN2O4S/c1-27-19-6-3-5-17(13-19)23-18-14-21(28-15-18)8-10-24(11-9-21)29(25,26)20-7-2-4-16(22)12-20/h2-7,12-13,18,23H,8-11,14-15H2,1H3/t18-/m1/s1. The van der Waals surface area contributed by atoms with E-state index in [0.29, 0.717) is 32.5 Å². The van der Waals surface area contributed by atoms with Crippen molar-refractivity contribution in [1.29, 1.82) is 0 Å². The maximum Gasteiger partial charge on any atom is 0.243 e. The number of piperidine rings is 1. The number of nitrogens with one attached hydrogen (secondary N) is 1. The first-order chi connectivity index (χ1) is 13.9. The largest absolute Gasteiger partial charge is 0.497 e. The molecule has 6 nitrogen and oxygen atoms in total. The summed E-state index contributed by atoms with van der Waals surface area (Å²) in [5.74, 6) is 0.240. The van der Waals surface area contributed by atoms with Crippen molar-refractivity contribution in [2.45, 2.75) is 35.8 Å². The summed E-state index contributed by atoms with van der Waals surface area (Å²) in [6.07, 6.45) is 2.06. The van der Waals surface area contributed by atoms with Crippen molar-refractivity contribution in [3.8, 4) is 5.75 Å². The number of hydrogen-bond acceptors (Lipinski definition) is 5. The number of hydrogen-bond donors (Lipinski definition) is 1. The summed E-state index contributed by atoms with van der Waals surface area (Å²) in [5, 5.41) is 3.48. The Labute approximate surface area is 170 Å². The second-order valence-corrected chi connectivity index (χ2v) is 9.57. The third-order valence-corrected chi connectivity index (χ3v) is 7.61. The molecule has 0 radical (unpaired) electrons. The molecule has 2 aliphatic rings. The Bertz CT molecular complexity index is 974. The Kier molecular flexibility index (Phi) is 5.50. The second kappa shape index (κ2) is 7.93. The lowest BCUT2D eigenvalue weighted by atomic mass is 9.88. The summed E-state index contributed by atoms with van der Waals surface area (Å²) in [6, 6.07) is 13.1. The van der Waals surface area contributed by atoms with Gasteiger partial charge in [0.2, 0.25) is 10.0 Å². The van der Waals surface area contributed by atoms with Crippen LogP contribution in [0.25, 0.3) is 0 Å². The van der Waals surface area contributed by atoms with Gasteiger partial charge >= 0.3 is 0 Å². The molecular formula is C21H25FN2O4S. The highest BCUT2D eigenvalue weighted by Crippen LogP contribution is 2.38. The molecule has 29 heavy (non-hydrogen) atoms. The van der Waals surface area contributed by atoms with Crippen LogP contribution in [0.2, 0.25) is 0 Å². The minimum absolute atomic E-state index is 0.00152. The van der Waals surface area contributed by atoms with Crippen LogP contribution in [-0.2, 0) is 14.8 Å². The molecule has 2 heterocycles. The molecule has 0 bridgehead atoms. The number of nitrogens with zero attached hydrogens (tertiary/aromatic N) is 1. The third kappa shape index (κ3) is 4.24. The molecule has 8 heteroatoms. The van der Waals surface area contributed by atoms with Crippen molar-refractivity contribution >= 4 is 15.7 Å². The molecule has 1 N–H and O–H groups in total. The van der Waals surface area contributed by atoms with Crippen LogP contribution in [-0.4, -0.2) is 51.2 Å². The van der Waals surface area contributed by atoms with Crippen LogP contribution in [0, 0.1) is 5.82 Å². The summed E-state index contributed by atoms with van der Waals surface area (Å²) in [5.41, 5.74) is 0.658. The average molecular weight is 421 g/mol. The Balaban J connectivity index is 1.38. The first-order valence-corrected chi connectivity index (χ1v) is 11.1. The number of rotatable bonds is 5. The van der Waals surface area contributed by atoms with Crippen LogP contribution in [0.4, 0.5) is 10.1 Å². The molecule has 0 aromatic heterocycles. The fraction of sp³-hybridized carbons (Fsp3) is 0.429. The predicted molar refractivity (Wildman–Crippen MR) is 108 cm³/mol. The second-order valence-electron chi connectivity index (χ2n) is 7.63. The van der Waals surface area contributed by atoms with Gasteiger partial charge in [-0.15, -0.1) is 0 Å². The minimum atomic E-state index is -3.69. The predicted octanol–water partition coefficient (Wildman–Crippen LogP) is 3.26. The smallest absolute Gasteiger partial charge is 0.243 e. The minimum Gasteiger partial charge on any atom is -0.497 e. The van der Waals surface area contributed by atoms with Gasteiger partial charge in [0.1, 0.15) is 11.6 Å². The molecule has 2 aliphatic heterocycles. The van der Waals surface area contributed by atoms with Gasteiger partial charge in [-0.1, -0.05) is 12.1 Å². The maximum absolute atomic E-state index is 13.5. The molecular weight excluding hydrogens is 395 g/mol. The summed E-state index contributed by atoms with van der Waals surface area (Å²) < 4.78 is 51.9. The van der Waals surface area contributed by atoms with Crippen LogP contribution in [0.3, 0.4) is 0 Å². The molecule has 0 amide bonds. The van der Waals surface area contributed by atoms with Gasteiger partial charge < -0.3 is 14.8 Å². The van der Waals surface area contributed by atoms with Crippen molar-refractivity contribution in [3.63, 3.8) is 0 Å². The lowest BCUT2D eigenvalue weighted by molar-refractivity contribution is -0.0310. The van der Waals surface area contributed by atoms with E-state index in [1.54, 1.807) is 7.11 Å². The SMILES string of the molecule is COc1cccc(N[C@H]2COC3(CCN(S(=O)(=O)c4cccc(F)c4)CC3)C2)c1. The number of methoxy groups -OCH3 is 1. The van der Waals surface area contributed by atoms with Crippen molar-refractivity contribution in [3.05, 3.63) is 54.3 Å². The summed E-state index contributed by atoms with van der Waals surface area (Å²) in [6.45, 7) is 1.31. The van der Waals surface area contributed by atoms with Gasteiger partial charge in [0.25, 0.3) is 0 Å². The maximum atomic E-state index is 13.5. The molecule has 2 saturated heterocycles. The Morgan fingerprint density at radius 1 is 1.17 bits per heavy atom. The van der Waals surface area contributed by atoms with E-state index >= 15 is 0 Å². The Morgan fingerprint density at radius 3 is 2.66 bits per heavy atom. The molecule has 0 unspecified atom stereocenters. The van der Waals surface area contributed by atoms with E-state index in [-0.39, 0.29) is 16.5 Å². The first-order valence-electron chi connectivity index (χ1n) is 9.71. The molecule has 2 aromatic rings. The van der Waals surface area contributed by atoms with E-state index in [4.69, 9.17) is 9.47 Å². The first kappa shape index (κ1) is 20.1. The summed E-state index contributed by atoms with van der Waals surface area (Å²) in [4.78, 5) is -0.00152. The normalized spacial score (nSPS) is 21.9. The highest BCUT2D eigenvalue weighted by atomic mass is 32.2. The van der Waals surface area contributed by atoms with Gasteiger partial charge in [-0.3, -0.25) is 0 Å². The molecule has 1 atom stereocenters. The Morgan fingerprint density at radius 2 is 1.93 bits per heavy atom. The van der Waals surface area contributed by atoms with Crippen molar-refractivity contribution in [2.24, 2.45) is 0 Å².